The molecule has 2 amide bonds. The Morgan fingerprint density at radius 1 is 1.04 bits per heavy atom. The first kappa shape index (κ1) is 19.1. The summed E-state index contributed by atoms with van der Waals surface area (Å²) in [5.41, 5.74) is 5.31. The SMILES string of the molecule is CCc1ccc(NC(=O)CCC(=O)N/N=C/c2ccccc2I)cc1. The maximum atomic E-state index is 11.9. The van der Waals surface area contributed by atoms with Gasteiger partial charge in [-0.2, -0.15) is 5.10 Å². The molecule has 0 aliphatic heterocycles. The van der Waals surface area contributed by atoms with Crippen molar-refractivity contribution in [3.05, 3.63) is 63.2 Å². The van der Waals surface area contributed by atoms with Crippen LogP contribution >= 0.6 is 22.6 Å². The Morgan fingerprint density at radius 3 is 2.40 bits per heavy atom. The molecule has 2 N–H and O–H groups in total. The van der Waals surface area contributed by atoms with Gasteiger partial charge < -0.3 is 5.32 Å². The Kier molecular flexibility index (Phi) is 7.59. The van der Waals surface area contributed by atoms with E-state index in [4.69, 9.17) is 0 Å². The minimum Gasteiger partial charge on any atom is -0.326 e. The van der Waals surface area contributed by atoms with Crippen LogP contribution in [0.5, 0.6) is 0 Å². The maximum Gasteiger partial charge on any atom is 0.240 e. The average Bonchev–Trinajstić information content (AvgIpc) is 2.62. The number of aryl methyl sites for hydroxylation is 1. The van der Waals surface area contributed by atoms with E-state index in [0.29, 0.717) is 0 Å². The van der Waals surface area contributed by atoms with Gasteiger partial charge in [0.15, 0.2) is 0 Å². The minimum atomic E-state index is -0.293. The molecule has 0 radical (unpaired) electrons. The highest BCUT2D eigenvalue weighted by molar-refractivity contribution is 14.1. The molecular weight excluding hydrogens is 429 g/mol. The molecule has 130 valence electrons. The van der Waals surface area contributed by atoms with E-state index in [9.17, 15) is 9.59 Å². The van der Waals surface area contributed by atoms with E-state index < -0.39 is 0 Å². The lowest BCUT2D eigenvalue weighted by Crippen LogP contribution is -2.20. The quantitative estimate of drug-likeness (QED) is 0.384. The van der Waals surface area contributed by atoms with Gasteiger partial charge in [0.25, 0.3) is 0 Å². The normalized spacial score (nSPS) is 10.6. The van der Waals surface area contributed by atoms with Gasteiger partial charge in [0.05, 0.1) is 6.21 Å². The number of carbonyl (C=O) groups excluding carboxylic acids is 2. The van der Waals surface area contributed by atoms with Crippen molar-refractivity contribution in [3.63, 3.8) is 0 Å². The topological polar surface area (TPSA) is 70.6 Å². The number of nitrogens with zero attached hydrogens (tertiary/aromatic N) is 1. The van der Waals surface area contributed by atoms with E-state index in [2.05, 4.69) is 45.4 Å². The third-order valence-corrected chi connectivity index (χ3v) is 4.51. The molecule has 0 saturated carbocycles. The number of benzene rings is 2. The molecule has 0 unspecified atom stereocenters. The van der Waals surface area contributed by atoms with Crippen molar-refractivity contribution in [3.8, 4) is 0 Å². The first-order valence-corrected chi connectivity index (χ1v) is 9.11. The summed E-state index contributed by atoms with van der Waals surface area (Å²) in [4.78, 5) is 23.6. The molecule has 2 aromatic rings. The summed E-state index contributed by atoms with van der Waals surface area (Å²) in [6, 6.07) is 15.4. The van der Waals surface area contributed by atoms with Gasteiger partial charge >= 0.3 is 0 Å². The maximum absolute atomic E-state index is 11.9. The molecule has 6 heteroatoms. The average molecular weight is 449 g/mol. The molecular formula is C19H20IN3O2. The fourth-order valence-electron chi connectivity index (χ4n) is 2.08. The molecule has 0 bridgehead atoms. The van der Waals surface area contributed by atoms with Crippen LogP contribution in [0, 0.1) is 3.57 Å². The van der Waals surface area contributed by atoms with Crippen LogP contribution in [-0.2, 0) is 16.0 Å². The molecule has 2 aromatic carbocycles. The van der Waals surface area contributed by atoms with E-state index in [1.165, 1.54) is 5.56 Å². The number of anilines is 1. The third-order valence-electron chi connectivity index (χ3n) is 3.52. The first-order chi connectivity index (χ1) is 12.1. The lowest BCUT2D eigenvalue weighted by atomic mass is 10.1. The predicted octanol–water partition coefficient (Wildman–Crippen LogP) is 3.72. The second kappa shape index (κ2) is 9.93. The molecule has 0 fully saturated rings. The molecule has 2 rings (SSSR count). The Bertz CT molecular complexity index is 758. The molecule has 0 saturated heterocycles. The predicted molar refractivity (Wildman–Crippen MR) is 109 cm³/mol. The van der Waals surface area contributed by atoms with Gasteiger partial charge in [-0.05, 0) is 52.8 Å². The van der Waals surface area contributed by atoms with Gasteiger partial charge in [0, 0.05) is 27.7 Å². The molecule has 5 nitrogen and oxygen atoms in total. The smallest absolute Gasteiger partial charge is 0.240 e. The van der Waals surface area contributed by atoms with E-state index in [1.807, 2.05) is 48.5 Å². The van der Waals surface area contributed by atoms with E-state index in [1.54, 1.807) is 6.21 Å². The summed E-state index contributed by atoms with van der Waals surface area (Å²) in [6.45, 7) is 2.08. The molecule has 25 heavy (non-hydrogen) atoms. The summed E-state index contributed by atoms with van der Waals surface area (Å²) in [5, 5.41) is 6.70. The lowest BCUT2D eigenvalue weighted by molar-refractivity contribution is -0.124. The summed E-state index contributed by atoms with van der Waals surface area (Å²) in [7, 11) is 0. The summed E-state index contributed by atoms with van der Waals surface area (Å²) in [6.07, 6.45) is 2.74. The highest BCUT2D eigenvalue weighted by Gasteiger charge is 2.07. The number of rotatable bonds is 7. The zero-order valence-corrected chi connectivity index (χ0v) is 16.1. The number of nitrogens with one attached hydrogen (secondary N) is 2. The largest absolute Gasteiger partial charge is 0.326 e. The number of hydrogen-bond donors (Lipinski definition) is 2. The molecule has 0 atom stereocenters. The van der Waals surface area contributed by atoms with Crippen molar-refractivity contribution in [1.82, 2.24) is 5.43 Å². The monoisotopic (exact) mass is 449 g/mol. The highest BCUT2D eigenvalue weighted by Crippen LogP contribution is 2.11. The van der Waals surface area contributed by atoms with Gasteiger partial charge in [-0.1, -0.05) is 37.3 Å². The number of halogens is 1. The van der Waals surface area contributed by atoms with Crippen LogP contribution in [0.4, 0.5) is 5.69 Å². The zero-order valence-electron chi connectivity index (χ0n) is 14.0. The third kappa shape index (κ3) is 6.66. The van der Waals surface area contributed by atoms with Crippen LogP contribution in [0.1, 0.15) is 30.9 Å². The first-order valence-electron chi connectivity index (χ1n) is 8.03. The van der Waals surface area contributed by atoms with E-state index >= 15 is 0 Å². The van der Waals surface area contributed by atoms with Crippen LogP contribution in [0.3, 0.4) is 0 Å². The van der Waals surface area contributed by atoms with Crippen molar-refractivity contribution >= 4 is 46.3 Å². The van der Waals surface area contributed by atoms with Gasteiger partial charge in [-0.25, -0.2) is 5.43 Å². The summed E-state index contributed by atoms with van der Waals surface area (Å²) < 4.78 is 1.05. The van der Waals surface area contributed by atoms with Crippen molar-refractivity contribution in [2.45, 2.75) is 26.2 Å². The van der Waals surface area contributed by atoms with Crippen LogP contribution in [0.15, 0.2) is 53.6 Å². The van der Waals surface area contributed by atoms with Crippen LogP contribution < -0.4 is 10.7 Å². The lowest BCUT2D eigenvalue weighted by Gasteiger charge is -2.05. The fourth-order valence-corrected chi connectivity index (χ4v) is 2.61. The van der Waals surface area contributed by atoms with Crippen molar-refractivity contribution in [2.24, 2.45) is 5.10 Å². The Labute approximate surface area is 161 Å². The molecule has 0 aliphatic rings. The number of hydrogen-bond acceptors (Lipinski definition) is 3. The van der Waals surface area contributed by atoms with Crippen molar-refractivity contribution < 1.29 is 9.59 Å². The second-order valence-electron chi connectivity index (χ2n) is 5.41. The highest BCUT2D eigenvalue weighted by atomic mass is 127. The molecule has 0 aliphatic carbocycles. The Hall–Kier alpha value is -2.22. The second-order valence-corrected chi connectivity index (χ2v) is 6.58. The molecule has 0 spiro atoms. The standard InChI is InChI=1S/C19H20IN3O2/c1-2-14-7-9-16(10-8-14)22-18(24)11-12-19(25)23-21-13-15-5-3-4-6-17(15)20/h3-10,13H,2,11-12H2,1H3,(H,22,24)(H,23,25)/b21-13+. The minimum absolute atomic E-state index is 0.0854. The number of carbonyl (C=O) groups is 2. The fraction of sp³-hybridized carbons (Fsp3) is 0.211. The van der Waals surface area contributed by atoms with Crippen LogP contribution in [0.2, 0.25) is 0 Å². The van der Waals surface area contributed by atoms with Crippen molar-refractivity contribution in [2.75, 3.05) is 5.32 Å². The molecule has 0 heterocycles. The van der Waals surface area contributed by atoms with Crippen LogP contribution in [0.25, 0.3) is 0 Å². The van der Waals surface area contributed by atoms with Crippen molar-refractivity contribution in [1.29, 1.82) is 0 Å². The van der Waals surface area contributed by atoms with Crippen LogP contribution in [-0.4, -0.2) is 18.0 Å². The van der Waals surface area contributed by atoms with Gasteiger partial charge in [-0.3, -0.25) is 9.59 Å². The van der Waals surface area contributed by atoms with E-state index in [0.717, 1.165) is 21.2 Å². The summed E-state index contributed by atoms with van der Waals surface area (Å²) >= 11 is 2.20. The van der Waals surface area contributed by atoms with Gasteiger partial charge in [-0.15, -0.1) is 0 Å². The Morgan fingerprint density at radius 2 is 1.72 bits per heavy atom. The van der Waals surface area contributed by atoms with Gasteiger partial charge in [0.2, 0.25) is 11.8 Å². The molecule has 0 aromatic heterocycles. The Balaban J connectivity index is 1.73. The van der Waals surface area contributed by atoms with Gasteiger partial charge in [0.1, 0.15) is 0 Å². The summed E-state index contributed by atoms with van der Waals surface area (Å²) in [5.74, 6) is -0.486. The zero-order chi connectivity index (χ0) is 18.1. The number of amides is 2. The van der Waals surface area contributed by atoms with E-state index in [-0.39, 0.29) is 24.7 Å². The number of hydrazone groups is 1.